The van der Waals surface area contributed by atoms with Gasteiger partial charge in [-0.2, -0.15) is 15.5 Å². The van der Waals surface area contributed by atoms with Crippen LogP contribution in [0.15, 0.2) is 24.3 Å². The fraction of sp³-hybridized carbons (Fsp3) is 0.520. The average molecular weight is 477 g/mol. The predicted octanol–water partition coefficient (Wildman–Crippen LogP) is 3.19. The lowest BCUT2D eigenvalue weighted by Crippen LogP contribution is -2.53. The standard InChI is InChI=1S/C25H32N8O2/c1-25(2,3)21(24(35)27-15-19-28-22(31-30-19)16-11-12-16)29-23(34)20-17-9-5-6-10-18(17)33(32-20)14-8-4-7-13-26/h5-6,9-10,16,21H,4,7-8,11-12,14-15H2,1-3H3,(H,27,35)(H,29,34)(H,28,30,31)/t21-/m1/s1. The Morgan fingerprint density at radius 2 is 2.03 bits per heavy atom. The Hall–Kier alpha value is -3.74. The van der Waals surface area contributed by atoms with Crippen LogP contribution in [0.1, 0.15) is 80.9 Å². The van der Waals surface area contributed by atoms with Crippen LogP contribution in [0.5, 0.6) is 0 Å². The van der Waals surface area contributed by atoms with Crippen molar-refractivity contribution >= 4 is 22.7 Å². The third-order valence-corrected chi connectivity index (χ3v) is 6.12. The summed E-state index contributed by atoms with van der Waals surface area (Å²) in [5, 5.41) is 27.0. The molecule has 3 aromatic rings. The summed E-state index contributed by atoms with van der Waals surface area (Å²) in [6.45, 7) is 6.51. The summed E-state index contributed by atoms with van der Waals surface area (Å²) in [6, 6.07) is 8.91. The number of rotatable bonds is 10. The molecular formula is C25H32N8O2. The molecule has 0 radical (unpaired) electrons. The van der Waals surface area contributed by atoms with Crippen molar-refractivity contribution in [2.45, 2.75) is 77.9 Å². The zero-order chi connectivity index (χ0) is 25.0. The number of fused-ring (bicyclic) bond motifs is 1. The van der Waals surface area contributed by atoms with Crippen LogP contribution in [-0.4, -0.2) is 42.8 Å². The summed E-state index contributed by atoms with van der Waals surface area (Å²) >= 11 is 0. The molecule has 10 nitrogen and oxygen atoms in total. The summed E-state index contributed by atoms with van der Waals surface area (Å²) < 4.78 is 1.80. The van der Waals surface area contributed by atoms with Gasteiger partial charge in [0.05, 0.1) is 18.1 Å². The van der Waals surface area contributed by atoms with Gasteiger partial charge in [-0.25, -0.2) is 4.98 Å². The first-order valence-electron chi connectivity index (χ1n) is 12.1. The SMILES string of the molecule is CC(C)(C)[C@H](NC(=O)c1nn(CCCCC#N)c2ccccc12)C(=O)NCc1n[nH]c(C2CC2)n1. The van der Waals surface area contributed by atoms with Crippen LogP contribution in [0.2, 0.25) is 0 Å². The van der Waals surface area contributed by atoms with E-state index in [0.717, 1.165) is 42.4 Å². The molecule has 2 amide bonds. The van der Waals surface area contributed by atoms with Gasteiger partial charge in [0, 0.05) is 24.3 Å². The quantitative estimate of drug-likeness (QED) is 0.384. The number of aromatic amines is 1. The number of unbranched alkanes of at least 4 members (excludes halogenated alkanes) is 2. The average Bonchev–Trinajstić information content (AvgIpc) is 3.45. The molecule has 1 aliphatic carbocycles. The molecule has 1 aromatic carbocycles. The van der Waals surface area contributed by atoms with Crippen molar-refractivity contribution in [2.24, 2.45) is 5.41 Å². The van der Waals surface area contributed by atoms with Crippen LogP contribution in [-0.2, 0) is 17.9 Å². The van der Waals surface area contributed by atoms with Gasteiger partial charge in [0.2, 0.25) is 5.91 Å². The summed E-state index contributed by atoms with van der Waals surface area (Å²) in [5.41, 5.74) is 0.599. The van der Waals surface area contributed by atoms with Crippen molar-refractivity contribution in [3.63, 3.8) is 0 Å². The zero-order valence-electron chi connectivity index (χ0n) is 20.5. The van der Waals surface area contributed by atoms with Crippen LogP contribution in [0, 0.1) is 16.7 Å². The van der Waals surface area contributed by atoms with Gasteiger partial charge >= 0.3 is 0 Å². The number of aromatic nitrogens is 5. The second-order valence-electron chi connectivity index (χ2n) is 10.1. The van der Waals surface area contributed by atoms with Gasteiger partial charge in [-0.1, -0.05) is 39.0 Å². The Kier molecular flexibility index (Phi) is 7.15. The number of hydrogen-bond acceptors (Lipinski definition) is 6. The zero-order valence-corrected chi connectivity index (χ0v) is 20.5. The van der Waals surface area contributed by atoms with E-state index in [9.17, 15) is 9.59 Å². The van der Waals surface area contributed by atoms with Crippen molar-refractivity contribution < 1.29 is 9.59 Å². The predicted molar refractivity (Wildman–Crippen MR) is 130 cm³/mol. The van der Waals surface area contributed by atoms with E-state index in [-0.39, 0.29) is 18.1 Å². The van der Waals surface area contributed by atoms with Crippen LogP contribution >= 0.6 is 0 Å². The van der Waals surface area contributed by atoms with Crippen LogP contribution in [0.25, 0.3) is 10.9 Å². The number of carbonyl (C=O) groups is 2. The molecule has 0 bridgehead atoms. The molecule has 2 heterocycles. The summed E-state index contributed by atoms with van der Waals surface area (Å²) in [7, 11) is 0. The number of nitriles is 1. The third kappa shape index (κ3) is 5.85. The summed E-state index contributed by atoms with van der Waals surface area (Å²) in [4.78, 5) is 30.9. The van der Waals surface area contributed by atoms with Gasteiger partial charge < -0.3 is 10.6 Å². The molecule has 4 rings (SSSR count). The Labute approximate surface area is 204 Å². The van der Waals surface area contributed by atoms with E-state index in [1.54, 1.807) is 4.68 Å². The number of benzene rings is 1. The second-order valence-corrected chi connectivity index (χ2v) is 10.1. The van der Waals surface area contributed by atoms with Crippen LogP contribution in [0.4, 0.5) is 0 Å². The molecule has 1 fully saturated rings. The Bertz CT molecular complexity index is 1240. The molecule has 0 unspecified atom stereocenters. The summed E-state index contributed by atoms with van der Waals surface area (Å²) in [6.07, 6.45) is 4.28. The highest BCUT2D eigenvalue weighted by atomic mass is 16.2. The van der Waals surface area contributed by atoms with Crippen molar-refractivity contribution in [1.82, 2.24) is 35.6 Å². The van der Waals surface area contributed by atoms with Crippen molar-refractivity contribution in [3.05, 3.63) is 41.6 Å². The van der Waals surface area contributed by atoms with Crippen molar-refractivity contribution in [1.29, 1.82) is 5.26 Å². The molecule has 0 saturated heterocycles. The lowest BCUT2D eigenvalue weighted by molar-refractivity contribution is -0.125. The fourth-order valence-electron chi connectivity index (χ4n) is 4.00. The number of carbonyl (C=O) groups excluding carboxylic acids is 2. The fourth-order valence-corrected chi connectivity index (χ4v) is 4.00. The van der Waals surface area contributed by atoms with Gasteiger partial charge in [0.25, 0.3) is 5.91 Å². The first kappa shape index (κ1) is 24.4. The number of nitrogens with zero attached hydrogens (tertiary/aromatic N) is 5. The largest absolute Gasteiger partial charge is 0.347 e. The number of hydrogen-bond donors (Lipinski definition) is 3. The van der Waals surface area contributed by atoms with Gasteiger partial charge in [0.15, 0.2) is 11.5 Å². The van der Waals surface area contributed by atoms with Crippen LogP contribution in [0.3, 0.4) is 0 Å². The van der Waals surface area contributed by atoms with Gasteiger partial charge in [-0.05, 0) is 37.2 Å². The maximum Gasteiger partial charge on any atom is 0.273 e. The maximum atomic E-state index is 13.3. The van der Waals surface area contributed by atoms with E-state index in [2.05, 4.69) is 37.0 Å². The number of H-pyrrole nitrogens is 1. The third-order valence-electron chi connectivity index (χ3n) is 6.12. The number of nitrogens with one attached hydrogen (secondary N) is 3. The number of aryl methyl sites for hydroxylation is 1. The molecule has 0 aliphatic heterocycles. The molecule has 184 valence electrons. The Morgan fingerprint density at radius 1 is 1.26 bits per heavy atom. The highest BCUT2D eigenvalue weighted by molar-refractivity contribution is 6.06. The summed E-state index contributed by atoms with van der Waals surface area (Å²) in [5.74, 6) is 1.14. The highest BCUT2D eigenvalue weighted by Crippen LogP contribution is 2.37. The first-order chi connectivity index (χ1) is 16.8. The smallest absolute Gasteiger partial charge is 0.273 e. The van der Waals surface area contributed by atoms with Gasteiger partial charge in [-0.15, -0.1) is 0 Å². The van der Waals surface area contributed by atoms with Crippen molar-refractivity contribution in [2.75, 3.05) is 0 Å². The van der Waals surface area contributed by atoms with E-state index in [1.807, 2.05) is 45.0 Å². The highest BCUT2D eigenvalue weighted by Gasteiger charge is 2.34. The number of amides is 2. The minimum Gasteiger partial charge on any atom is -0.347 e. The van der Waals surface area contributed by atoms with E-state index < -0.39 is 17.4 Å². The lowest BCUT2D eigenvalue weighted by Gasteiger charge is -2.30. The Morgan fingerprint density at radius 3 is 2.74 bits per heavy atom. The Balaban J connectivity index is 1.47. The molecule has 0 spiro atoms. The lowest BCUT2D eigenvalue weighted by atomic mass is 9.86. The first-order valence-corrected chi connectivity index (χ1v) is 12.1. The normalized spacial score (nSPS) is 14.5. The molecule has 10 heteroatoms. The van der Waals surface area contributed by atoms with Gasteiger partial charge in [0.1, 0.15) is 11.9 Å². The molecule has 35 heavy (non-hydrogen) atoms. The van der Waals surface area contributed by atoms with E-state index >= 15 is 0 Å². The molecule has 1 aliphatic rings. The second kappa shape index (κ2) is 10.3. The van der Waals surface area contributed by atoms with Crippen molar-refractivity contribution in [3.8, 4) is 6.07 Å². The molecule has 2 aromatic heterocycles. The van der Waals surface area contributed by atoms with Crippen LogP contribution < -0.4 is 10.6 Å². The van der Waals surface area contributed by atoms with E-state index in [4.69, 9.17) is 5.26 Å². The molecule has 1 saturated carbocycles. The topological polar surface area (TPSA) is 141 Å². The monoisotopic (exact) mass is 476 g/mol. The molecular weight excluding hydrogens is 444 g/mol. The maximum absolute atomic E-state index is 13.3. The van der Waals surface area contributed by atoms with Gasteiger partial charge in [-0.3, -0.25) is 19.4 Å². The number of para-hydroxylation sites is 1. The molecule has 1 atom stereocenters. The minimum atomic E-state index is -0.781. The van der Waals surface area contributed by atoms with E-state index in [1.165, 1.54) is 0 Å². The minimum absolute atomic E-state index is 0.185. The molecule has 3 N–H and O–H groups in total. The van der Waals surface area contributed by atoms with E-state index in [0.29, 0.717) is 24.7 Å².